The van der Waals surface area contributed by atoms with Crippen LogP contribution in [0.2, 0.25) is 0 Å². The fourth-order valence-electron chi connectivity index (χ4n) is 1.73. The molecule has 2 nitrogen and oxygen atoms in total. The third-order valence-electron chi connectivity index (χ3n) is 2.45. The molecule has 2 N–H and O–H groups in total. The summed E-state index contributed by atoms with van der Waals surface area (Å²) in [4.78, 5) is 3.11. The van der Waals surface area contributed by atoms with Gasteiger partial charge in [0.15, 0.2) is 0 Å². The SMILES string of the molecule is [C-]#[N+]c1cc2c(cc1F)[C@H](N)CC2. The van der Waals surface area contributed by atoms with Crippen LogP contribution in [0.1, 0.15) is 23.6 Å². The van der Waals surface area contributed by atoms with Gasteiger partial charge in [0.1, 0.15) is 5.82 Å². The van der Waals surface area contributed by atoms with Gasteiger partial charge >= 0.3 is 0 Å². The molecule has 0 bridgehead atoms. The first-order valence-corrected chi connectivity index (χ1v) is 4.17. The van der Waals surface area contributed by atoms with Crippen molar-refractivity contribution in [2.45, 2.75) is 18.9 Å². The molecule has 0 unspecified atom stereocenters. The Balaban J connectivity index is 2.58. The van der Waals surface area contributed by atoms with Gasteiger partial charge in [-0.1, -0.05) is 5.56 Å². The van der Waals surface area contributed by atoms with Crippen LogP contribution in [-0.4, -0.2) is 0 Å². The van der Waals surface area contributed by atoms with Gasteiger partial charge in [0, 0.05) is 6.04 Å². The Morgan fingerprint density at radius 3 is 3.00 bits per heavy atom. The number of nitrogens with zero attached hydrogens (tertiary/aromatic N) is 1. The molecule has 3 heteroatoms. The van der Waals surface area contributed by atoms with Crippen molar-refractivity contribution in [2.75, 3.05) is 0 Å². The molecule has 1 aliphatic rings. The van der Waals surface area contributed by atoms with Crippen LogP contribution in [0, 0.1) is 12.4 Å². The van der Waals surface area contributed by atoms with Crippen molar-refractivity contribution in [3.63, 3.8) is 0 Å². The van der Waals surface area contributed by atoms with Crippen molar-refractivity contribution >= 4 is 5.69 Å². The summed E-state index contributed by atoms with van der Waals surface area (Å²) in [7, 11) is 0. The van der Waals surface area contributed by atoms with E-state index < -0.39 is 5.82 Å². The zero-order chi connectivity index (χ0) is 9.42. The zero-order valence-corrected chi connectivity index (χ0v) is 7.05. The van der Waals surface area contributed by atoms with Crippen molar-refractivity contribution in [3.8, 4) is 0 Å². The Hall–Kier alpha value is -1.40. The summed E-state index contributed by atoms with van der Waals surface area (Å²) in [6.07, 6.45) is 1.72. The van der Waals surface area contributed by atoms with Crippen LogP contribution in [0.25, 0.3) is 4.85 Å². The van der Waals surface area contributed by atoms with E-state index in [4.69, 9.17) is 12.3 Å². The number of nitrogens with two attached hydrogens (primary N) is 1. The number of rotatable bonds is 0. The van der Waals surface area contributed by atoms with Crippen LogP contribution in [0.4, 0.5) is 10.1 Å². The molecule has 1 aromatic carbocycles. The molecule has 0 aromatic heterocycles. The molecule has 1 aliphatic carbocycles. The van der Waals surface area contributed by atoms with Crippen LogP contribution in [0.3, 0.4) is 0 Å². The van der Waals surface area contributed by atoms with E-state index in [-0.39, 0.29) is 11.7 Å². The highest BCUT2D eigenvalue weighted by molar-refractivity contribution is 5.52. The summed E-state index contributed by atoms with van der Waals surface area (Å²) in [5, 5.41) is 0. The van der Waals surface area contributed by atoms with Gasteiger partial charge in [0.25, 0.3) is 0 Å². The highest BCUT2D eigenvalue weighted by Gasteiger charge is 2.20. The minimum absolute atomic E-state index is 0.0516. The molecule has 1 aromatic rings. The maximum absolute atomic E-state index is 13.1. The summed E-state index contributed by atoms with van der Waals surface area (Å²) in [6, 6.07) is 2.97. The zero-order valence-electron chi connectivity index (χ0n) is 7.05. The van der Waals surface area contributed by atoms with Gasteiger partial charge in [-0.25, -0.2) is 9.24 Å². The predicted octanol–water partition coefficient (Wildman–Crippen LogP) is 2.32. The topological polar surface area (TPSA) is 30.4 Å². The second-order valence-electron chi connectivity index (χ2n) is 3.26. The molecule has 2 rings (SSSR count). The summed E-state index contributed by atoms with van der Waals surface area (Å²) in [5.41, 5.74) is 7.76. The Kier molecular flexibility index (Phi) is 1.78. The lowest BCUT2D eigenvalue weighted by molar-refractivity contribution is 0.627. The van der Waals surface area contributed by atoms with Crippen molar-refractivity contribution in [3.05, 3.63) is 40.5 Å². The first kappa shape index (κ1) is 8.21. The van der Waals surface area contributed by atoms with E-state index in [1.807, 2.05) is 0 Å². The second-order valence-corrected chi connectivity index (χ2v) is 3.26. The third kappa shape index (κ3) is 1.20. The molecule has 0 spiro atoms. The molecule has 0 fully saturated rings. The van der Waals surface area contributed by atoms with Crippen LogP contribution in [0.5, 0.6) is 0 Å². The molecule has 1 atom stereocenters. The number of hydrogen-bond acceptors (Lipinski definition) is 1. The normalized spacial score (nSPS) is 19.6. The third-order valence-corrected chi connectivity index (χ3v) is 2.45. The standard InChI is InChI=1S/C10H9FN2/c1-13-10-4-6-2-3-9(12)7(6)5-8(10)11/h4-5,9H,2-3,12H2/t9-/m1/s1. The average Bonchev–Trinajstić information content (AvgIpc) is 2.47. The van der Waals surface area contributed by atoms with Gasteiger partial charge < -0.3 is 5.73 Å². The molecule has 0 radical (unpaired) electrons. The maximum atomic E-state index is 13.1. The molecule has 66 valence electrons. The van der Waals surface area contributed by atoms with E-state index in [2.05, 4.69) is 4.85 Å². The van der Waals surface area contributed by atoms with Crippen molar-refractivity contribution in [2.24, 2.45) is 5.73 Å². The van der Waals surface area contributed by atoms with E-state index in [9.17, 15) is 4.39 Å². The first-order valence-electron chi connectivity index (χ1n) is 4.17. The fourth-order valence-corrected chi connectivity index (χ4v) is 1.73. The van der Waals surface area contributed by atoms with Gasteiger partial charge in [-0.15, -0.1) is 0 Å². The first-order chi connectivity index (χ1) is 6.22. The second kappa shape index (κ2) is 2.82. The van der Waals surface area contributed by atoms with Crippen LogP contribution in [-0.2, 0) is 6.42 Å². The van der Waals surface area contributed by atoms with E-state index in [1.165, 1.54) is 6.07 Å². The highest BCUT2D eigenvalue weighted by Crippen LogP contribution is 2.33. The Labute approximate surface area is 76.0 Å². The Bertz CT molecular complexity index is 393. The molecule has 0 saturated heterocycles. The quantitative estimate of drug-likeness (QED) is 0.604. The lowest BCUT2D eigenvalue weighted by Crippen LogP contribution is -2.05. The van der Waals surface area contributed by atoms with E-state index in [1.54, 1.807) is 6.07 Å². The molecule has 0 heterocycles. The number of hydrogen-bond donors (Lipinski definition) is 1. The number of fused-ring (bicyclic) bond motifs is 1. The molecular formula is C10H9FN2. The smallest absolute Gasteiger partial charge is 0.222 e. The number of halogens is 1. The summed E-state index contributed by atoms with van der Waals surface area (Å²) >= 11 is 0. The molecule has 0 aliphatic heterocycles. The summed E-state index contributed by atoms with van der Waals surface area (Å²) < 4.78 is 13.1. The maximum Gasteiger partial charge on any atom is 0.222 e. The van der Waals surface area contributed by atoms with Gasteiger partial charge in [-0.3, -0.25) is 0 Å². The molecule has 13 heavy (non-hydrogen) atoms. The van der Waals surface area contributed by atoms with Gasteiger partial charge in [-0.2, -0.15) is 0 Å². The van der Waals surface area contributed by atoms with Crippen molar-refractivity contribution in [1.82, 2.24) is 0 Å². The fraction of sp³-hybridized carbons (Fsp3) is 0.300. The average molecular weight is 176 g/mol. The summed E-state index contributed by atoms with van der Waals surface area (Å²) in [6.45, 7) is 6.75. The lowest BCUT2D eigenvalue weighted by Gasteiger charge is -2.04. The lowest BCUT2D eigenvalue weighted by atomic mass is 10.1. The molecule has 0 amide bonds. The van der Waals surface area contributed by atoms with Crippen molar-refractivity contribution < 1.29 is 4.39 Å². The molecular weight excluding hydrogens is 167 g/mol. The van der Waals surface area contributed by atoms with Crippen LogP contribution in [0.15, 0.2) is 12.1 Å². The van der Waals surface area contributed by atoms with E-state index >= 15 is 0 Å². The van der Waals surface area contributed by atoms with E-state index in [0.29, 0.717) is 0 Å². The minimum atomic E-state index is -0.453. The monoisotopic (exact) mass is 176 g/mol. The van der Waals surface area contributed by atoms with Crippen molar-refractivity contribution in [1.29, 1.82) is 0 Å². The van der Waals surface area contributed by atoms with Crippen LogP contribution < -0.4 is 5.73 Å². The van der Waals surface area contributed by atoms with Gasteiger partial charge in [0.2, 0.25) is 5.69 Å². The van der Waals surface area contributed by atoms with Gasteiger partial charge in [0.05, 0.1) is 6.57 Å². The number of benzene rings is 1. The van der Waals surface area contributed by atoms with Gasteiger partial charge in [-0.05, 0) is 30.5 Å². The minimum Gasteiger partial charge on any atom is -0.324 e. The Morgan fingerprint density at radius 2 is 2.31 bits per heavy atom. The summed E-state index contributed by atoms with van der Waals surface area (Å²) in [5.74, 6) is -0.453. The Morgan fingerprint density at radius 1 is 1.54 bits per heavy atom. The van der Waals surface area contributed by atoms with Crippen LogP contribution >= 0.6 is 0 Å². The molecule has 0 saturated carbocycles. The predicted molar refractivity (Wildman–Crippen MR) is 47.9 cm³/mol. The largest absolute Gasteiger partial charge is 0.324 e. The highest BCUT2D eigenvalue weighted by atomic mass is 19.1. The van der Waals surface area contributed by atoms with E-state index in [0.717, 1.165) is 24.0 Å². The number of aryl methyl sites for hydroxylation is 1.